The number of amides is 2. The molecule has 28 heavy (non-hydrogen) atoms. The number of carbonyl (C=O) groups excluding carboxylic acids is 2. The Kier molecular flexibility index (Phi) is 6.49. The number of furan rings is 1. The third-order valence-electron chi connectivity index (χ3n) is 5.06. The number of ether oxygens (including phenoxy) is 1. The molecule has 0 bridgehead atoms. The van der Waals surface area contributed by atoms with Crippen molar-refractivity contribution in [3.63, 3.8) is 0 Å². The Labute approximate surface area is 164 Å². The van der Waals surface area contributed by atoms with Crippen molar-refractivity contribution in [1.29, 1.82) is 0 Å². The highest BCUT2D eigenvalue weighted by atomic mass is 16.5. The van der Waals surface area contributed by atoms with E-state index in [2.05, 4.69) is 10.6 Å². The molecule has 1 saturated carbocycles. The summed E-state index contributed by atoms with van der Waals surface area (Å²) in [4.78, 5) is 25.0. The average molecular weight is 386 g/mol. The monoisotopic (exact) mass is 386 g/mol. The van der Waals surface area contributed by atoms with Crippen LogP contribution >= 0.6 is 0 Å². The van der Waals surface area contributed by atoms with Crippen LogP contribution in [0.25, 0.3) is 0 Å². The van der Waals surface area contributed by atoms with Gasteiger partial charge in [-0.2, -0.15) is 0 Å². The zero-order chi connectivity index (χ0) is 20.1. The summed E-state index contributed by atoms with van der Waals surface area (Å²) in [6.45, 7) is 0. The first-order valence-corrected chi connectivity index (χ1v) is 9.46. The molecule has 3 N–H and O–H groups in total. The summed E-state index contributed by atoms with van der Waals surface area (Å²) >= 11 is 0. The number of hydrogen-bond donors (Lipinski definition) is 3. The van der Waals surface area contributed by atoms with Gasteiger partial charge in [-0.25, -0.2) is 0 Å². The molecule has 1 atom stereocenters. The fraction of sp³-hybridized carbons (Fsp3) is 0.429. The largest absolute Gasteiger partial charge is 0.452 e. The number of benzene rings is 1. The molecule has 0 unspecified atom stereocenters. The molecule has 0 radical (unpaired) electrons. The number of carbonyl (C=O) groups is 2. The number of nitrogens with one attached hydrogen (secondary N) is 2. The van der Waals surface area contributed by atoms with Gasteiger partial charge < -0.3 is 24.9 Å². The van der Waals surface area contributed by atoms with Gasteiger partial charge in [0.15, 0.2) is 11.5 Å². The molecule has 1 aliphatic carbocycles. The molecular formula is C21H26N2O5. The first kappa shape index (κ1) is 20.1. The molecule has 7 nitrogen and oxygen atoms in total. The summed E-state index contributed by atoms with van der Waals surface area (Å²) in [5.41, 5.74) is 1.10. The number of aliphatic hydroxyl groups is 1. The maximum absolute atomic E-state index is 13.0. The molecule has 1 aromatic carbocycles. The maximum atomic E-state index is 13.0. The molecule has 0 saturated heterocycles. The molecule has 2 amide bonds. The molecular weight excluding hydrogens is 360 g/mol. The van der Waals surface area contributed by atoms with Crippen LogP contribution in [0.4, 0.5) is 0 Å². The fourth-order valence-corrected chi connectivity index (χ4v) is 3.52. The Morgan fingerprint density at radius 3 is 2.43 bits per heavy atom. The van der Waals surface area contributed by atoms with Gasteiger partial charge in [0.2, 0.25) is 0 Å². The lowest BCUT2D eigenvalue weighted by atomic mass is 9.93. The number of rotatable bonds is 6. The van der Waals surface area contributed by atoms with E-state index in [4.69, 9.17) is 9.15 Å². The minimum atomic E-state index is -0.617. The van der Waals surface area contributed by atoms with E-state index < -0.39 is 12.0 Å². The Bertz CT molecular complexity index is 809. The summed E-state index contributed by atoms with van der Waals surface area (Å²) in [6.07, 6.45) is 1.85. The number of methoxy groups -OCH3 is 1. The lowest BCUT2D eigenvalue weighted by molar-refractivity contribution is 0.0840. The second kappa shape index (κ2) is 9.03. The summed E-state index contributed by atoms with van der Waals surface area (Å²) in [6, 6.07) is 10.8. The van der Waals surface area contributed by atoms with Gasteiger partial charge in [-0.1, -0.05) is 30.3 Å². The van der Waals surface area contributed by atoms with E-state index in [9.17, 15) is 14.7 Å². The fourth-order valence-electron chi connectivity index (χ4n) is 3.52. The van der Waals surface area contributed by atoms with E-state index in [0.29, 0.717) is 18.6 Å². The van der Waals surface area contributed by atoms with Crippen LogP contribution < -0.4 is 10.6 Å². The van der Waals surface area contributed by atoms with E-state index in [-0.39, 0.29) is 29.4 Å². The summed E-state index contributed by atoms with van der Waals surface area (Å²) in [7, 11) is 3.03. The molecule has 1 heterocycles. The zero-order valence-electron chi connectivity index (χ0n) is 16.1. The van der Waals surface area contributed by atoms with Crippen LogP contribution in [-0.2, 0) is 4.74 Å². The highest BCUT2D eigenvalue weighted by Gasteiger charge is 2.30. The Morgan fingerprint density at radius 1 is 1.14 bits per heavy atom. The van der Waals surface area contributed by atoms with E-state index in [1.165, 1.54) is 20.2 Å². The normalized spacial score (nSPS) is 20.4. The van der Waals surface area contributed by atoms with E-state index in [1.54, 1.807) is 0 Å². The van der Waals surface area contributed by atoms with Gasteiger partial charge in [0.25, 0.3) is 11.8 Å². The van der Waals surface area contributed by atoms with Gasteiger partial charge in [0.1, 0.15) is 6.10 Å². The van der Waals surface area contributed by atoms with Crippen molar-refractivity contribution in [2.24, 2.45) is 0 Å². The standard InChI is InChI=1S/C21H26N2O5/c1-22-21(26)17-12-16(20(25)23-14-8-10-15(24)11-9-14)19(28-17)18(27-2)13-6-4-3-5-7-13/h3-7,12,14-15,18,24H,8-11H2,1-2H3,(H,22,26)(H,23,25)/t14-,15-,18-/m0/s1. The molecule has 150 valence electrons. The van der Waals surface area contributed by atoms with Gasteiger partial charge in [-0.05, 0) is 31.2 Å². The van der Waals surface area contributed by atoms with E-state index in [0.717, 1.165) is 18.4 Å². The van der Waals surface area contributed by atoms with Crippen molar-refractivity contribution < 1.29 is 23.8 Å². The Morgan fingerprint density at radius 2 is 1.82 bits per heavy atom. The summed E-state index contributed by atoms with van der Waals surface area (Å²) in [5.74, 6) is -0.377. The highest BCUT2D eigenvalue weighted by molar-refractivity contribution is 5.99. The molecule has 3 rings (SSSR count). The Balaban J connectivity index is 1.91. The first-order chi connectivity index (χ1) is 13.5. The molecule has 7 heteroatoms. The third-order valence-corrected chi connectivity index (χ3v) is 5.06. The lowest BCUT2D eigenvalue weighted by Gasteiger charge is -2.26. The summed E-state index contributed by atoms with van der Waals surface area (Å²) in [5, 5.41) is 15.2. The summed E-state index contributed by atoms with van der Waals surface area (Å²) < 4.78 is 11.4. The van der Waals surface area contributed by atoms with E-state index in [1.807, 2.05) is 30.3 Å². The first-order valence-electron chi connectivity index (χ1n) is 9.46. The topological polar surface area (TPSA) is 101 Å². The van der Waals surface area contributed by atoms with Gasteiger partial charge in [0.05, 0.1) is 11.7 Å². The molecule has 1 aliphatic rings. The van der Waals surface area contributed by atoms with Crippen LogP contribution in [0, 0.1) is 0 Å². The maximum Gasteiger partial charge on any atom is 0.286 e. The minimum absolute atomic E-state index is 0.0141. The van der Waals surface area contributed by atoms with E-state index >= 15 is 0 Å². The van der Waals surface area contributed by atoms with Gasteiger partial charge in [0, 0.05) is 26.3 Å². The third kappa shape index (κ3) is 4.43. The minimum Gasteiger partial charge on any atom is -0.452 e. The zero-order valence-corrected chi connectivity index (χ0v) is 16.1. The second-order valence-corrected chi connectivity index (χ2v) is 6.97. The van der Waals surface area contributed by atoms with Gasteiger partial charge in [-0.15, -0.1) is 0 Å². The van der Waals surface area contributed by atoms with Gasteiger partial charge in [-0.3, -0.25) is 9.59 Å². The van der Waals surface area contributed by atoms with Crippen molar-refractivity contribution in [3.05, 3.63) is 59.0 Å². The van der Waals surface area contributed by atoms with Crippen molar-refractivity contribution in [2.75, 3.05) is 14.2 Å². The second-order valence-electron chi connectivity index (χ2n) is 6.97. The van der Waals surface area contributed by atoms with Crippen LogP contribution in [0.15, 0.2) is 40.8 Å². The van der Waals surface area contributed by atoms with Crippen LogP contribution in [0.5, 0.6) is 0 Å². The Hall–Kier alpha value is -2.64. The van der Waals surface area contributed by atoms with Crippen LogP contribution in [0.1, 0.15) is 64.0 Å². The van der Waals surface area contributed by atoms with Crippen molar-refractivity contribution in [1.82, 2.24) is 10.6 Å². The molecule has 1 aromatic heterocycles. The predicted octanol–water partition coefficient (Wildman–Crippen LogP) is 2.41. The van der Waals surface area contributed by atoms with Crippen molar-refractivity contribution in [2.45, 2.75) is 43.9 Å². The molecule has 0 aliphatic heterocycles. The average Bonchev–Trinajstić information content (AvgIpc) is 3.16. The number of hydrogen-bond acceptors (Lipinski definition) is 5. The van der Waals surface area contributed by atoms with Crippen LogP contribution in [0.3, 0.4) is 0 Å². The van der Waals surface area contributed by atoms with Crippen LogP contribution in [-0.4, -0.2) is 43.2 Å². The lowest BCUT2D eigenvalue weighted by Crippen LogP contribution is -2.38. The smallest absolute Gasteiger partial charge is 0.286 e. The molecule has 0 spiro atoms. The molecule has 1 fully saturated rings. The quantitative estimate of drug-likeness (QED) is 0.708. The highest BCUT2D eigenvalue weighted by Crippen LogP contribution is 2.31. The number of aliphatic hydroxyl groups excluding tert-OH is 1. The van der Waals surface area contributed by atoms with Gasteiger partial charge >= 0.3 is 0 Å². The van der Waals surface area contributed by atoms with Crippen molar-refractivity contribution >= 4 is 11.8 Å². The van der Waals surface area contributed by atoms with Crippen LogP contribution in [0.2, 0.25) is 0 Å². The molecule has 2 aromatic rings. The predicted molar refractivity (Wildman–Crippen MR) is 103 cm³/mol. The SMILES string of the molecule is CNC(=O)c1cc(C(=O)N[C@H]2CC[C@H](O)CC2)c([C@@H](OC)c2ccccc2)o1. The van der Waals surface area contributed by atoms with Crippen molar-refractivity contribution in [3.8, 4) is 0 Å².